The highest BCUT2D eigenvalue weighted by Crippen LogP contribution is 2.21. The number of benzene rings is 1. The molecular weight excluding hydrogens is 256 g/mol. The molecule has 0 bridgehead atoms. The van der Waals surface area contributed by atoms with E-state index in [0.717, 1.165) is 19.4 Å². The second-order valence-electron chi connectivity index (χ2n) is 5.08. The van der Waals surface area contributed by atoms with Gasteiger partial charge in [0.15, 0.2) is 5.60 Å². The summed E-state index contributed by atoms with van der Waals surface area (Å²) in [5, 5.41) is 0. The summed E-state index contributed by atoms with van der Waals surface area (Å²) in [7, 11) is 1.70. The molecule has 112 valence electrons. The largest absolute Gasteiger partial charge is 0.476 e. The molecular formula is C16H24O4. The van der Waals surface area contributed by atoms with E-state index in [0.29, 0.717) is 12.4 Å². The zero-order valence-corrected chi connectivity index (χ0v) is 12.8. The van der Waals surface area contributed by atoms with Gasteiger partial charge >= 0.3 is 5.97 Å². The molecule has 0 spiro atoms. The minimum atomic E-state index is -0.985. The molecule has 0 atom stereocenters. The Morgan fingerprint density at radius 3 is 2.70 bits per heavy atom. The number of carbonyl (C=O) groups is 1. The van der Waals surface area contributed by atoms with Crippen LogP contribution in [0.3, 0.4) is 0 Å². The third kappa shape index (κ3) is 5.21. The van der Waals surface area contributed by atoms with Gasteiger partial charge in [0, 0.05) is 13.7 Å². The first kappa shape index (κ1) is 16.5. The molecule has 0 aliphatic heterocycles. The van der Waals surface area contributed by atoms with Crippen molar-refractivity contribution in [1.29, 1.82) is 0 Å². The quantitative estimate of drug-likeness (QED) is 0.542. The average molecular weight is 280 g/mol. The third-order valence-electron chi connectivity index (χ3n) is 2.85. The summed E-state index contributed by atoms with van der Waals surface area (Å²) in [4.78, 5) is 11.8. The van der Waals surface area contributed by atoms with Crippen molar-refractivity contribution in [2.45, 2.75) is 39.2 Å². The van der Waals surface area contributed by atoms with Crippen molar-refractivity contribution < 1.29 is 19.0 Å². The lowest BCUT2D eigenvalue weighted by Gasteiger charge is -2.24. The number of rotatable bonds is 8. The van der Waals surface area contributed by atoms with E-state index < -0.39 is 5.60 Å². The first-order valence-corrected chi connectivity index (χ1v) is 6.93. The van der Waals surface area contributed by atoms with Crippen molar-refractivity contribution >= 4 is 5.97 Å². The standard InChI is InChI=1S/C16H24O4/c1-5-19-15(17)16(2,3)20-14-10-6-8-13(12-14)9-7-11-18-4/h6,8,10,12H,5,7,9,11H2,1-4H3. The maximum Gasteiger partial charge on any atom is 0.349 e. The summed E-state index contributed by atoms with van der Waals surface area (Å²) in [6, 6.07) is 7.77. The molecule has 0 heterocycles. The highest BCUT2D eigenvalue weighted by atomic mass is 16.6. The van der Waals surface area contributed by atoms with Crippen LogP contribution in [0.2, 0.25) is 0 Å². The van der Waals surface area contributed by atoms with Crippen molar-refractivity contribution in [1.82, 2.24) is 0 Å². The SMILES string of the molecule is CCOC(=O)C(C)(C)Oc1cccc(CCCOC)c1. The lowest BCUT2D eigenvalue weighted by Crippen LogP contribution is -2.39. The zero-order chi connectivity index (χ0) is 15.0. The van der Waals surface area contributed by atoms with Gasteiger partial charge in [0.2, 0.25) is 0 Å². The number of aryl methyl sites for hydroxylation is 1. The highest BCUT2D eigenvalue weighted by molar-refractivity contribution is 5.79. The van der Waals surface area contributed by atoms with Crippen LogP contribution in [0.5, 0.6) is 5.75 Å². The lowest BCUT2D eigenvalue weighted by atomic mass is 10.1. The maximum atomic E-state index is 11.8. The first-order valence-electron chi connectivity index (χ1n) is 6.93. The number of ether oxygens (including phenoxy) is 3. The van der Waals surface area contributed by atoms with E-state index >= 15 is 0 Å². The minimum Gasteiger partial charge on any atom is -0.476 e. The van der Waals surface area contributed by atoms with Gasteiger partial charge in [-0.25, -0.2) is 4.79 Å². The Hall–Kier alpha value is -1.55. The number of hydrogen-bond acceptors (Lipinski definition) is 4. The fourth-order valence-electron chi connectivity index (χ4n) is 1.83. The van der Waals surface area contributed by atoms with Gasteiger partial charge in [0.05, 0.1) is 6.61 Å². The van der Waals surface area contributed by atoms with Crippen molar-refractivity contribution in [3.05, 3.63) is 29.8 Å². The van der Waals surface area contributed by atoms with E-state index in [4.69, 9.17) is 14.2 Å². The Labute approximate surface area is 121 Å². The van der Waals surface area contributed by atoms with Crippen molar-refractivity contribution in [2.24, 2.45) is 0 Å². The van der Waals surface area contributed by atoms with E-state index in [9.17, 15) is 4.79 Å². The molecule has 0 fully saturated rings. The van der Waals surface area contributed by atoms with E-state index in [2.05, 4.69) is 0 Å². The monoisotopic (exact) mass is 280 g/mol. The average Bonchev–Trinajstić information content (AvgIpc) is 2.39. The molecule has 1 rings (SSSR count). The fraction of sp³-hybridized carbons (Fsp3) is 0.562. The predicted octanol–water partition coefficient (Wildman–Crippen LogP) is 2.99. The zero-order valence-electron chi connectivity index (χ0n) is 12.8. The van der Waals surface area contributed by atoms with Crippen LogP contribution < -0.4 is 4.74 Å². The maximum absolute atomic E-state index is 11.8. The van der Waals surface area contributed by atoms with Gasteiger partial charge in [-0.1, -0.05) is 12.1 Å². The number of hydrogen-bond donors (Lipinski definition) is 0. The second-order valence-corrected chi connectivity index (χ2v) is 5.08. The van der Waals surface area contributed by atoms with Crippen LogP contribution in [0.15, 0.2) is 24.3 Å². The number of methoxy groups -OCH3 is 1. The van der Waals surface area contributed by atoms with Crippen LogP contribution in [0, 0.1) is 0 Å². The summed E-state index contributed by atoms with van der Waals surface area (Å²) in [5.41, 5.74) is 0.181. The van der Waals surface area contributed by atoms with Gasteiger partial charge in [-0.3, -0.25) is 0 Å². The predicted molar refractivity (Wildman–Crippen MR) is 78.0 cm³/mol. The van der Waals surface area contributed by atoms with Crippen LogP contribution in [-0.4, -0.2) is 31.9 Å². The van der Waals surface area contributed by atoms with E-state index in [1.165, 1.54) is 5.56 Å². The Kier molecular flexibility index (Phi) is 6.52. The molecule has 0 unspecified atom stereocenters. The van der Waals surface area contributed by atoms with Crippen molar-refractivity contribution in [3.63, 3.8) is 0 Å². The molecule has 0 radical (unpaired) electrons. The molecule has 0 saturated heterocycles. The lowest BCUT2D eigenvalue weighted by molar-refractivity contribution is -0.158. The normalized spacial score (nSPS) is 11.2. The van der Waals surface area contributed by atoms with Crippen LogP contribution in [0.25, 0.3) is 0 Å². The van der Waals surface area contributed by atoms with E-state index in [-0.39, 0.29) is 5.97 Å². The molecule has 1 aromatic carbocycles. The topological polar surface area (TPSA) is 44.8 Å². The summed E-state index contributed by atoms with van der Waals surface area (Å²) < 4.78 is 15.8. The van der Waals surface area contributed by atoms with Gasteiger partial charge in [-0.05, 0) is 51.3 Å². The molecule has 0 N–H and O–H groups in total. The van der Waals surface area contributed by atoms with E-state index in [1.54, 1.807) is 27.9 Å². The Morgan fingerprint density at radius 1 is 1.30 bits per heavy atom. The smallest absolute Gasteiger partial charge is 0.349 e. The molecule has 0 aromatic heterocycles. The van der Waals surface area contributed by atoms with Crippen LogP contribution in [0.1, 0.15) is 32.8 Å². The Balaban J connectivity index is 2.67. The van der Waals surface area contributed by atoms with Crippen LogP contribution >= 0.6 is 0 Å². The molecule has 20 heavy (non-hydrogen) atoms. The summed E-state index contributed by atoms with van der Waals surface area (Å²) >= 11 is 0. The molecule has 0 saturated carbocycles. The first-order chi connectivity index (χ1) is 9.49. The highest BCUT2D eigenvalue weighted by Gasteiger charge is 2.31. The van der Waals surface area contributed by atoms with Crippen LogP contribution in [-0.2, 0) is 20.7 Å². The van der Waals surface area contributed by atoms with Gasteiger partial charge in [-0.15, -0.1) is 0 Å². The summed E-state index contributed by atoms with van der Waals surface area (Å²) in [6.07, 6.45) is 1.88. The summed E-state index contributed by atoms with van der Waals surface area (Å²) in [6.45, 7) is 6.29. The van der Waals surface area contributed by atoms with Crippen molar-refractivity contribution in [3.8, 4) is 5.75 Å². The van der Waals surface area contributed by atoms with Gasteiger partial charge in [0.25, 0.3) is 0 Å². The molecule has 0 aliphatic carbocycles. The minimum absolute atomic E-state index is 0.350. The van der Waals surface area contributed by atoms with Crippen LogP contribution in [0.4, 0.5) is 0 Å². The second kappa shape index (κ2) is 7.90. The molecule has 0 amide bonds. The Bertz CT molecular complexity index is 426. The summed E-state index contributed by atoms with van der Waals surface area (Å²) in [5.74, 6) is 0.322. The van der Waals surface area contributed by atoms with Gasteiger partial charge in [0.1, 0.15) is 5.75 Å². The fourth-order valence-corrected chi connectivity index (χ4v) is 1.83. The third-order valence-corrected chi connectivity index (χ3v) is 2.85. The van der Waals surface area contributed by atoms with Crippen molar-refractivity contribution in [2.75, 3.05) is 20.3 Å². The molecule has 4 heteroatoms. The molecule has 4 nitrogen and oxygen atoms in total. The van der Waals surface area contributed by atoms with Gasteiger partial charge < -0.3 is 14.2 Å². The molecule has 1 aromatic rings. The molecule has 0 aliphatic rings. The van der Waals surface area contributed by atoms with Gasteiger partial charge in [-0.2, -0.15) is 0 Å². The van der Waals surface area contributed by atoms with E-state index in [1.807, 2.05) is 24.3 Å². The number of carbonyl (C=O) groups excluding carboxylic acids is 1. The number of esters is 1. The Morgan fingerprint density at radius 2 is 2.05 bits per heavy atom.